The Balaban J connectivity index is 1.73. The van der Waals surface area contributed by atoms with Gasteiger partial charge in [0.25, 0.3) is 5.91 Å². The summed E-state index contributed by atoms with van der Waals surface area (Å²) in [5, 5.41) is 0. The van der Waals surface area contributed by atoms with Crippen molar-refractivity contribution in [3.05, 3.63) is 34.1 Å². The molecule has 0 bridgehead atoms. The molecule has 2 heterocycles. The van der Waals surface area contributed by atoms with Gasteiger partial charge in [0.05, 0.1) is 5.69 Å². The van der Waals surface area contributed by atoms with E-state index in [1.54, 1.807) is 10.6 Å². The smallest absolute Gasteiger partial charge is 0.395 e. The van der Waals surface area contributed by atoms with Crippen LogP contribution in [-0.4, -0.2) is 16.8 Å². The normalized spacial score (nSPS) is 19.4. The van der Waals surface area contributed by atoms with Crippen LogP contribution in [0, 0.1) is 12.8 Å². The van der Waals surface area contributed by atoms with E-state index in [9.17, 15) is 13.6 Å². The lowest BCUT2D eigenvalue weighted by atomic mass is 9.85. The molecule has 0 N–H and O–H groups in total. The van der Waals surface area contributed by atoms with E-state index >= 15 is 0 Å². The molecule has 1 aromatic heterocycles. The molecule has 0 spiro atoms. The summed E-state index contributed by atoms with van der Waals surface area (Å²) in [6.07, 6.45) is 0.986. The summed E-state index contributed by atoms with van der Waals surface area (Å²) in [6.45, 7) is 1.90. The van der Waals surface area contributed by atoms with Gasteiger partial charge in [0, 0.05) is 23.1 Å². The maximum Gasteiger partial charge on any atom is 0.586 e. The van der Waals surface area contributed by atoms with E-state index in [0.29, 0.717) is 10.5 Å². The Kier molecular flexibility index (Phi) is 3.45. The number of fused-ring (bicyclic) bond motifs is 1. The number of ether oxygens (including phenoxy) is 2. The first-order valence-electron chi connectivity index (χ1n) is 7.59. The summed E-state index contributed by atoms with van der Waals surface area (Å²) < 4.78 is 36.9. The number of benzene rings is 1. The van der Waals surface area contributed by atoms with Crippen LogP contribution in [0.2, 0.25) is 0 Å². The quantitative estimate of drug-likeness (QED) is 0.832. The Morgan fingerprint density at radius 3 is 2.79 bits per heavy atom. The van der Waals surface area contributed by atoms with Gasteiger partial charge in [-0.15, -0.1) is 20.1 Å². The average molecular weight is 352 g/mol. The molecule has 8 heteroatoms. The van der Waals surface area contributed by atoms with Crippen LogP contribution in [0.25, 0.3) is 5.69 Å². The first kappa shape index (κ1) is 15.3. The van der Waals surface area contributed by atoms with E-state index in [-0.39, 0.29) is 23.3 Å². The molecule has 0 radical (unpaired) electrons. The van der Waals surface area contributed by atoms with Gasteiger partial charge in [-0.25, -0.2) is 0 Å². The number of carbonyl (C=O) groups is 1. The third kappa shape index (κ3) is 2.71. The van der Waals surface area contributed by atoms with Crippen LogP contribution in [0.15, 0.2) is 29.4 Å². The molecule has 1 fully saturated rings. The number of alkyl halides is 2. The van der Waals surface area contributed by atoms with Gasteiger partial charge in [-0.3, -0.25) is 9.36 Å². The third-order valence-electron chi connectivity index (χ3n) is 4.09. The molecule has 1 aliphatic heterocycles. The molecule has 0 unspecified atom stereocenters. The van der Waals surface area contributed by atoms with Crippen molar-refractivity contribution in [3.8, 4) is 17.2 Å². The van der Waals surface area contributed by atoms with Gasteiger partial charge in [-0.05, 0) is 31.9 Å². The number of nitrogens with zero attached hydrogens (tertiary/aromatic N) is 2. The van der Waals surface area contributed by atoms with Crippen molar-refractivity contribution in [2.75, 3.05) is 0 Å². The number of carbonyl (C=O) groups excluding carboxylic acids is 1. The Bertz CT molecular complexity index is 884. The summed E-state index contributed by atoms with van der Waals surface area (Å²) in [6, 6.07) is 4.50. The van der Waals surface area contributed by atoms with Gasteiger partial charge in [-0.2, -0.15) is 4.99 Å². The standard InChI is InChI=1S/C16H14F2N2O3S/c1-9-8-20(15(24-9)19-14(21)10-3-2-4-10)11-5-6-12-13(7-11)23-16(17,18)22-12/h5-8,10H,2-4H2,1H3/b19-15-. The molecule has 1 amide bonds. The molecule has 0 saturated heterocycles. The summed E-state index contributed by atoms with van der Waals surface area (Å²) in [5.41, 5.74) is 0.583. The summed E-state index contributed by atoms with van der Waals surface area (Å²) >= 11 is 1.38. The second-order valence-electron chi connectivity index (χ2n) is 5.87. The highest BCUT2D eigenvalue weighted by Crippen LogP contribution is 2.41. The maximum atomic E-state index is 13.1. The minimum absolute atomic E-state index is 0.0105. The molecule has 5 nitrogen and oxygen atoms in total. The Labute approximate surface area is 140 Å². The minimum atomic E-state index is -3.65. The Morgan fingerprint density at radius 1 is 1.33 bits per heavy atom. The van der Waals surface area contributed by atoms with E-state index in [4.69, 9.17) is 0 Å². The maximum absolute atomic E-state index is 13.1. The van der Waals surface area contributed by atoms with Crippen LogP contribution in [0.4, 0.5) is 8.78 Å². The molecule has 0 atom stereocenters. The van der Waals surface area contributed by atoms with Gasteiger partial charge in [0.15, 0.2) is 16.3 Å². The zero-order valence-corrected chi connectivity index (χ0v) is 13.6. The highest BCUT2D eigenvalue weighted by atomic mass is 32.1. The molecular formula is C16H14F2N2O3S. The van der Waals surface area contributed by atoms with Crippen LogP contribution in [0.5, 0.6) is 11.5 Å². The Hall–Kier alpha value is -2.22. The van der Waals surface area contributed by atoms with Crippen molar-refractivity contribution < 1.29 is 23.0 Å². The zero-order valence-electron chi connectivity index (χ0n) is 12.8. The van der Waals surface area contributed by atoms with Crippen LogP contribution >= 0.6 is 11.3 Å². The Morgan fingerprint density at radius 2 is 2.08 bits per heavy atom. The molecule has 2 aromatic rings. The fourth-order valence-corrected chi connectivity index (χ4v) is 3.48. The lowest BCUT2D eigenvalue weighted by Crippen LogP contribution is -2.26. The SMILES string of the molecule is Cc1cn(-c2ccc3c(c2)OC(F)(F)O3)/c(=N/C(=O)C2CCC2)s1. The second kappa shape index (κ2) is 5.41. The van der Waals surface area contributed by atoms with Crippen molar-refractivity contribution in [2.24, 2.45) is 10.9 Å². The van der Waals surface area contributed by atoms with Crippen LogP contribution in [0.1, 0.15) is 24.1 Å². The largest absolute Gasteiger partial charge is 0.586 e. The first-order chi connectivity index (χ1) is 11.4. The van der Waals surface area contributed by atoms with Crippen LogP contribution in [0.3, 0.4) is 0 Å². The van der Waals surface area contributed by atoms with Crippen molar-refractivity contribution in [1.82, 2.24) is 4.57 Å². The number of thiazole rings is 1. The van der Waals surface area contributed by atoms with Crippen molar-refractivity contribution >= 4 is 17.2 Å². The second-order valence-corrected chi connectivity index (χ2v) is 7.08. The first-order valence-corrected chi connectivity index (χ1v) is 8.41. The predicted molar refractivity (Wildman–Crippen MR) is 82.5 cm³/mol. The van der Waals surface area contributed by atoms with E-state index in [0.717, 1.165) is 24.1 Å². The summed E-state index contributed by atoms with van der Waals surface area (Å²) in [4.78, 5) is 17.8. The molecule has 1 aromatic carbocycles. The lowest BCUT2D eigenvalue weighted by molar-refractivity contribution is -0.286. The van der Waals surface area contributed by atoms with Crippen molar-refractivity contribution in [3.63, 3.8) is 0 Å². The molecule has 1 aliphatic carbocycles. The monoisotopic (exact) mass is 352 g/mol. The molecule has 2 aliphatic rings. The van der Waals surface area contributed by atoms with E-state index in [1.807, 2.05) is 13.1 Å². The van der Waals surface area contributed by atoms with E-state index in [2.05, 4.69) is 14.5 Å². The van der Waals surface area contributed by atoms with Crippen LogP contribution < -0.4 is 14.3 Å². The summed E-state index contributed by atoms with van der Waals surface area (Å²) in [7, 11) is 0. The third-order valence-corrected chi connectivity index (χ3v) is 4.99. The van der Waals surface area contributed by atoms with Gasteiger partial charge < -0.3 is 9.47 Å². The summed E-state index contributed by atoms with van der Waals surface area (Å²) in [5.74, 6) is -0.161. The van der Waals surface area contributed by atoms with E-state index in [1.165, 1.54) is 23.5 Å². The fraction of sp³-hybridized carbons (Fsp3) is 0.375. The molecule has 126 valence electrons. The van der Waals surface area contributed by atoms with Gasteiger partial charge >= 0.3 is 6.29 Å². The van der Waals surface area contributed by atoms with Crippen LogP contribution in [-0.2, 0) is 4.79 Å². The number of halogens is 2. The number of hydrogen-bond donors (Lipinski definition) is 0. The van der Waals surface area contributed by atoms with Crippen molar-refractivity contribution in [2.45, 2.75) is 32.5 Å². The van der Waals surface area contributed by atoms with Gasteiger partial charge in [-0.1, -0.05) is 6.42 Å². The number of hydrogen-bond acceptors (Lipinski definition) is 4. The fourth-order valence-electron chi connectivity index (χ4n) is 2.65. The van der Waals surface area contributed by atoms with Crippen molar-refractivity contribution in [1.29, 1.82) is 0 Å². The lowest BCUT2D eigenvalue weighted by Gasteiger charge is -2.20. The topological polar surface area (TPSA) is 52.8 Å². The highest BCUT2D eigenvalue weighted by molar-refractivity contribution is 7.09. The number of aromatic nitrogens is 1. The van der Waals surface area contributed by atoms with E-state index < -0.39 is 6.29 Å². The molecule has 4 rings (SSSR count). The number of aryl methyl sites for hydroxylation is 1. The van der Waals surface area contributed by atoms with Gasteiger partial charge in [0.2, 0.25) is 0 Å². The molecule has 1 saturated carbocycles. The number of amides is 1. The average Bonchev–Trinajstić information content (AvgIpc) is 2.93. The predicted octanol–water partition coefficient (Wildman–Crippen LogP) is 3.40. The molecular weight excluding hydrogens is 338 g/mol. The number of rotatable bonds is 2. The minimum Gasteiger partial charge on any atom is -0.395 e. The molecule has 24 heavy (non-hydrogen) atoms. The highest BCUT2D eigenvalue weighted by Gasteiger charge is 2.43. The van der Waals surface area contributed by atoms with Gasteiger partial charge in [0.1, 0.15) is 0 Å². The zero-order chi connectivity index (χ0) is 16.9.